The number of hydrogen-bond acceptors (Lipinski definition) is 2. The fourth-order valence-electron chi connectivity index (χ4n) is 1.22. The van der Waals surface area contributed by atoms with Gasteiger partial charge in [0.25, 0.3) is 0 Å². The van der Waals surface area contributed by atoms with Gasteiger partial charge in [0, 0.05) is 19.2 Å². The Bertz CT molecular complexity index is 114. The van der Waals surface area contributed by atoms with Gasteiger partial charge in [-0.2, -0.15) is 0 Å². The third-order valence-electron chi connectivity index (χ3n) is 2.34. The second-order valence-electron chi connectivity index (χ2n) is 3.34. The molecule has 2 nitrogen and oxygen atoms in total. The highest BCUT2D eigenvalue weighted by atomic mass is 16.5. The fourth-order valence-corrected chi connectivity index (χ4v) is 1.22. The highest BCUT2D eigenvalue weighted by molar-refractivity contribution is 4.96. The molecule has 0 bridgehead atoms. The van der Waals surface area contributed by atoms with E-state index in [0.717, 1.165) is 0 Å². The van der Waals surface area contributed by atoms with Crippen molar-refractivity contribution >= 4 is 0 Å². The molecule has 0 aromatic heterocycles. The Balaban J connectivity index is 2.25. The first kappa shape index (κ1) is 8.02. The molecule has 0 N–H and O–H groups in total. The molecule has 1 aliphatic carbocycles. The maximum Gasteiger partial charge on any atom is 0.0743 e. The standard InChI is InChI=1S/C8H17NO/c1-6(2)9(3)7-5-8(7)10-4/h6-8H,5H2,1-4H3/t7-,8-/m1/s1. The van der Waals surface area contributed by atoms with Gasteiger partial charge in [0.2, 0.25) is 0 Å². The second kappa shape index (κ2) is 2.89. The Kier molecular flexibility index (Phi) is 2.32. The zero-order chi connectivity index (χ0) is 7.72. The number of ether oxygens (including phenoxy) is 1. The molecule has 2 heteroatoms. The van der Waals surface area contributed by atoms with E-state index in [4.69, 9.17) is 4.74 Å². The Hall–Kier alpha value is -0.0800. The summed E-state index contributed by atoms with van der Waals surface area (Å²) in [6.07, 6.45) is 1.72. The van der Waals surface area contributed by atoms with E-state index >= 15 is 0 Å². The molecule has 0 heterocycles. The summed E-state index contributed by atoms with van der Waals surface area (Å²) in [5.41, 5.74) is 0. The molecule has 0 amide bonds. The van der Waals surface area contributed by atoms with Crippen molar-refractivity contribution in [1.82, 2.24) is 4.90 Å². The van der Waals surface area contributed by atoms with Gasteiger partial charge in [-0.25, -0.2) is 0 Å². The lowest BCUT2D eigenvalue weighted by molar-refractivity contribution is 0.138. The third-order valence-corrected chi connectivity index (χ3v) is 2.34. The lowest BCUT2D eigenvalue weighted by Gasteiger charge is -2.20. The van der Waals surface area contributed by atoms with Gasteiger partial charge in [0.15, 0.2) is 0 Å². The van der Waals surface area contributed by atoms with E-state index in [1.165, 1.54) is 6.42 Å². The Morgan fingerprint density at radius 3 is 2.40 bits per heavy atom. The van der Waals surface area contributed by atoms with E-state index in [2.05, 4.69) is 25.8 Å². The topological polar surface area (TPSA) is 12.5 Å². The number of rotatable bonds is 3. The minimum Gasteiger partial charge on any atom is -0.380 e. The van der Waals surface area contributed by atoms with E-state index in [9.17, 15) is 0 Å². The van der Waals surface area contributed by atoms with Gasteiger partial charge in [-0.1, -0.05) is 0 Å². The molecule has 0 aromatic rings. The van der Waals surface area contributed by atoms with Gasteiger partial charge in [-0.15, -0.1) is 0 Å². The van der Waals surface area contributed by atoms with Crippen LogP contribution in [-0.4, -0.2) is 37.2 Å². The summed E-state index contributed by atoms with van der Waals surface area (Å²) in [7, 11) is 3.95. The molecule has 1 aliphatic rings. The van der Waals surface area contributed by atoms with Gasteiger partial charge >= 0.3 is 0 Å². The van der Waals surface area contributed by atoms with Gasteiger partial charge in [-0.3, -0.25) is 4.90 Å². The van der Waals surface area contributed by atoms with Crippen LogP contribution in [0.5, 0.6) is 0 Å². The quantitative estimate of drug-likeness (QED) is 0.587. The summed E-state index contributed by atoms with van der Waals surface area (Å²) in [4.78, 5) is 2.37. The van der Waals surface area contributed by atoms with Crippen molar-refractivity contribution < 1.29 is 4.74 Å². The lowest BCUT2D eigenvalue weighted by atomic mass is 10.3. The maximum atomic E-state index is 5.20. The summed E-state index contributed by atoms with van der Waals surface area (Å²) >= 11 is 0. The second-order valence-corrected chi connectivity index (χ2v) is 3.34. The first-order valence-corrected chi connectivity index (χ1v) is 3.91. The monoisotopic (exact) mass is 143 g/mol. The SMILES string of the molecule is CO[C@@H]1C[C@H]1N(C)C(C)C. The van der Waals surface area contributed by atoms with Crippen LogP contribution in [0.25, 0.3) is 0 Å². The van der Waals surface area contributed by atoms with Crippen LogP contribution in [-0.2, 0) is 4.74 Å². The number of methoxy groups -OCH3 is 1. The maximum absolute atomic E-state index is 5.20. The first-order chi connectivity index (χ1) is 4.66. The minimum atomic E-state index is 0.507. The van der Waals surface area contributed by atoms with Crippen molar-refractivity contribution in [1.29, 1.82) is 0 Å². The molecule has 1 fully saturated rings. The normalized spacial score (nSPS) is 31.8. The predicted molar refractivity (Wildman–Crippen MR) is 42.1 cm³/mol. The molecular weight excluding hydrogens is 126 g/mol. The smallest absolute Gasteiger partial charge is 0.0743 e. The fraction of sp³-hybridized carbons (Fsp3) is 1.00. The Morgan fingerprint density at radius 1 is 1.50 bits per heavy atom. The molecule has 10 heavy (non-hydrogen) atoms. The van der Waals surface area contributed by atoms with Crippen LogP contribution in [0.1, 0.15) is 20.3 Å². The highest BCUT2D eigenvalue weighted by Gasteiger charge is 2.41. The lowest BCUT2D eigenvalue weighted by Crippen LogP contribution is -2.30. The van der Waals surface area contributed by atoms with Crippen LogP contribution in [0.15, 0.2) is 0 Å². The summed E-state index contributed by atoms with van der Waals surface area (Å²) in [5, 5.41) is 0. The van der Waals surface area contributed by atoms with E-state index in [1.54, 1.807) is 7.11 Å². The molecule has 0 spiro atoms. The Labute approximate surface area is 63.2 Å². The molecule has 0 radical (unpaired) electrons. The predicted octanol–water partition coefficient (Wildman–Crippen LogP) is 1.11. The highest BCUT2D eigenvalue weighted by Crippen LogP contribution is 2.30. The Morgan fingerprint density at radius 2 is 2.10 bits per heavy atom. The number of likely N-dealkylation sites (N-methyl/N-ethyl adjacent to an activating group) is 1. The first-order valence-electron chi connectivity index (χ1n) is 3.91. The molecule has 2 atom stereocenters. The van der Waals surface area contributed by atoms with Crippen LogP contribution in [0.4, 0.5) is 0 Å². The van der Waals surface area contributed by atoms with Crippen LogP contribution < -0.4 is 0 Å². The van der Waals surface area contributed by atoms with Crippen molar-refractivity contribution in [3.63, 3.8) is 0 Å². The van der Waals surface area contributed by atoms with Crippen LogP contribution in [0, 0.1) is 0 Å². The average molecular weight is 143 g/mol. The number of hydrogen-bond donors (Lipinski definition) is 0. The third kappa shape index (κ3) is 1.50. The molecule has 0 aromatic carbocycles. The largest absolute Gasteiger partial charge is 0.380 e. The summed E-state index contributed by atoms with van der Waals surface area (Å²) < 4.78 is 5.20. The van der Waals surface area contributed by atoms with E-state index < -0.39 is 0 Å². The van der Waals surface area contributed by atoms with Crippen molar-refractivity contribution in [2.24, 2.45) is 0 Å². The van der Waals surface area contributed by atoms with Gasteiger partial charge in [0.05, 0.1) is 6.10 Å². The van der Waals surface area contributed by atoms with E-state index in [-0.39, 0.29) is 0 Å². The molecule has 1 saturated carbocycles. The summed E-state index contributed by atoms with van der Waals surface area (Å²) in [6.45, 7) is 4.43. The molecule has 0 unspecified atom stereocenters. The van der Waals surface area contributed by atoms with Gasteiger partial charge in [0.1, 0.15) is 0 Å². The van der Waals surface area contributed by atoms with Gasteiger partial charge < -0.3 is 4.74 Å². The van der Waals surface area contributed by atoms with Crippen LogP contribution >= 0.6 is 0 Å². The van der Waals surface area contributed by atoms with Crippen LogP contribution in [0.2, 0.25) is 0 Å². The minimum absolute atomic E-state index is 0.507. The van der Waals surface area contributed by atoms with E-state index in [0.29, 0.717) is 18.2 Å². The zero-order valence-corrected chi connectivity index (χ0v) is 7.29. The van der Waals surface area contributed by atoms with Crippen molar-refractivity contribution in [2.45, 2.75) is 38.5 Å². The number of nitrogens with zero attached hydrogens (tertiary/aromatic N) is 1. The molecule has 0 saturated heterocycles. The van der Waals surface area contributed by atoms with E-state index in [1.807, 2.05) is 0 Å². The van der Waals surface area contributed by atoms with Crippen molar-refractivity contribution in [2.75, 3.05) is 14.2 Å². The van der Waals surface area contributed by atoms with Crippen molar-refractivity contribution in [3.05, 3.63) is 0 Å². The summed E-state index contributed by atoms with van der Waals surface area (Å²) in [6, 6.07) is 1.33. The molecular formula is C8H17NO. The zero-order valence-electron chi connectivity index (χ0n) is 7.29. The van der Waals surface area contributed by atoms with Gasteiger partial charge in [-0.05, 0) is 27.3 Å². The molecule has 0 aliphatic heterocycles. The average Bonchev–Trinajstić information content (AvgIpc) is 2.64. The van der Waals surface area contributed by atoms with Crippen LogP contribution in [0.3, 0.4) is 0 Å². The summed E-state index contributed by atoms with van der Waals surface area (Å²) in [5.74, 6) is 0. The van der Waals surface area contributed by atoms with Crippen molar-refractivity contribution in [3.8, 4) is 0 Å². The molecule has 60 valence electrons. The molecule has 1 rings (SSSR count).